The van der Waals surface area contributed by atoms with Gasteiger partial charge in [0.2, 0.25) is 5.76 Å². The minimum absolute atomic E-state index is 0.0357. The van der Waals surface area contributed by atoms with Crippen LogP contribution in [0.5, 0.6) is 11.5 Å². The number of hydrogen-bond donors (Lipinski definition) is 0. The molecule has 7 heteroatoms. The van der Waals surface area contributed by atoms with Crippen molar-refractivity contribution in [3.05, 3.63) is 93.0 Å². The molecule has 0 saturated carbocycles. The summed E-state index contributed by atoms with van der Waals surface area (Å²) in [5.41, 5.74) is 2.84. The summed E-state index contributed by atoms with van der Waals surface area (Å²) in [5, 5.41) is 0.443. The maximum absolute atomic E-state index is 13.9. The van der Waals surface area contributed by atoms with Gasteiger partial charge in [0.05, 0.1) is 30.7 Å². The summed E-state index contributed by atoms with van der Waals surface area (Å²) < 4.78 is 17.7. The second-order valence-electron chi connectivity index (χ2n) is 9.35. The maximum Gasteiger partial charge on any atom is 0.296 e. The van der Waals surface area contributed by atoms with Crippen LogP contribution in [0.15, 0.2) is 63.8 Å². The Labute approximate surface area is 215 Å². The van der Waals surface area contributed by atoms with E-state index in [0.29, 0.717) is 46.0 Å². The van der Waals surface area contributed by atoms with Gasteiger partial charge in [-0.25, -0.2) is 4.98 Å². The number of unbranched alkanes of at least 4 members (excludes halogenated alkanes) is 2. The normalized spacial score (nSPS) is 14.8. The molecule has 1 aliphatic heterocycles. The van der Waals surface area contributed by atoms with E-state index >= 15 is 0 Å². The Morgan fingerprint density at radius 2 is 1.84 bits per heavy atom. The fourth-order valence-electron chi connectivity index (χ4n) is 4.81. The molecule has 0 unspecified atom stereocenters. The van der Waals surface area contributed by atoms with Crippen LogP contribution in [0.3, 0.4) is 0 Å². The Bertz CT molecular complexity index is 1540. The van der Waals surface area contributed by atoms with Crippen molar-refractivity contribution in [1.82, 2.24) is 4.98 Å². The topological polar surface area (TPSA) is 81.9 Å². The van der Waals surface area contributed by atoms with Gasteiger partial charge in [-0.2, -0.15) is 0 Å². The lowest BCUT2D eigenvalue weighted by molar-refractivity contribution is 0.0970. The number of ether oxygens (including phenoxy) is 2. The number of nitrogens with zero attached hydrogens (tertiary/aromatic N) is 2. The lowest BCUT2D eigenvalue weighted by Gasteiger charge is -2.25. The van der Waals surface area contributed by atoms with Crippen molar-refractivity contribution >= 4 is 22.7 Å². The van der Waals surface area contributed by atoms with E-state index in [1.165, 1.54) is 4.90 Å². The average molecular weight is 499 g/mol. The SMILES string of the molecule is CCCCCOc1ccc([C@H]2c3c(oc4ccc(C)cc4c3=O)C(=O)N2c2cccc(C)n2)cc1OC. The highest BCUT2D eigenvalue weighted by atomic mass is 16.5. The fourth-order valence-corrected chi connectivity index (χ4v) is 4.81. The first-order valence-corrected chi connectivity index (χ1v) is 12.6. The van der Waals surface area contributed by atoms with Crippen molar-refractivity contribution in [2.75, 3.05) is 18.6 Å². The second kappa shape index (κ2) is 10.1. The highest BCUT2D eigenvalue weighted by Crippen LogP contribution is 2.42. The van der Waals surface area contributed by atoms with Gasteiger partial charge in [-0.1, -0.05) is 43.5 Å². The number of pyridine rings is 1. The fraction of sp³-hybridized carbons (Fsp3) is 0.300. The molecule has 0 fully saturated rings. The number of methoxy groups -OCH3 is 1. The molecule has 2 aromatic heterocycles. The number of aryl methyl sites for hydroxylation is 2. The van der Waals surface area contributed by atoms with Crippen LogP contribution >= 0.6 is 0 Å². The Morgan fingerprint density at radius 3 is 2.59 bits per heavy atom. The van der Waals surface area contributed by atoms with Gasteiger partial charge >= 0.3 is 0 Å². The Hall–Kier alpha value is -4.13. The molecule has 0 radical (unpaired) electrons. The first-order chi connectivity index (χ1) is 17.9. The van der Waals surface area contributed by atoms with Crippen LogP contribution in [-0.2, 0) is 0 Å². The van der Waals surface area contributed by atoms with E-state index in [0.717, 1.165) is 30.5 Å². The largest absolute Gasteiger partial charge is 0.493 e. The quantitative estimate of drug-likeness (QED) is 0.272. The van der Waals surface area contributed by atoms with E-state index in [9.17, 15) is 9.59 Å². The lowest BCUT2D eigenvalue weighted by atomic mass is 9.97. The molecule has 2 aromatic carbocycles. The van der Waals surface area contributed by atoms with Gasteiger partial charge in [0.25, 0.3) is 5.91 Å². The standard InChI is InChI=1S/C30H30N2O5/c1-5-6-7-15-36-23-14-12-20(17-24(23)35-4)27-26-28(33)21-16-18(2)11-13-22(21)37-29(26)30(34)32(27)25-10-8-9-19(3)31-25/h8-14,16-17,27H,5-7,15H2,1-4H3/t27-/m0/s1. The average Bonchev–Trinajstić information content (AvgIpc) is 3.19. The molecule has 37 heavy (non-hydrogen) atoms. The molecule has 3 heterocycles. The predicted molar refractivity (Wildman–Crippen MR) is 143 cm³/mol. The van der Waals surface area contributed by atoms with Crippen molar-refractivity contribution in [3.63, 3.8) is 0 Å². The van der Waals surface area contributed by atoms with Gasteiger partial charge in [0.1, 0.15) is 11.4 Å². The third-order valence-corrected chi connectivity index (χ3v) is 6.65. The molecular formula is C30H30N2O5. The zero-order valence-electron chi connectivity index (χ0n) is 21.5. The number of amides is 1. The maximum atomic E-state index is 13.9. The predicted octanol–water partition coefficient (Wildman–Crippen LogP) is 6.13. The monoisotopic (exact) mass is 498 g/mol. The number of hydrogen-bond acceptors (Lipinski definition) is 6. The van der Waals surface area contributed by atoms with Crippen LogP contribution in [-0.4, -0.2) is 24.6 Å². The van der Waals surface area contributed by atoms with Crippen LogP contribution < -0.4 is 19.8 Å². The van der Waals surface area contributed by atoms with Crippen molar-refractivity contribution in [1.29, 1.82) is 0 Å². The Morgan fingerprint density at radius 1 is 1.00 bits per heavy atom. The highest BCUT2D eigenvalue weighted by Gasteiger charge is 2.44. The van der Waals surface area contributed by atoms with Crippen LogP contribution in [0.25, 0.3) is 11.0 Å². The molecule has 0 bridgehead atoms. The molecule has 0 saturated heterocycles. The zero-order chi connectivity index (χ0) is 26.1. The number of rotatable bonds is 8. The van der Waals surface area contributed by atoms with E-state index < -0.39 is 11.9 Å². The van der Waals surface area contributed by atoms with Crippen molar-refractivity contribution in [3.8, 4) is 11.5 Å². The first-order valence-electron chi connectivity index (χ1n) is 12.6. The molecule has 1 aliphatic rings. The Balaban J connectivity index is 1.68. The smallest absolute Gasteiger partial charge is 0.296 e. The van der Waals surface area contributed by atoms with E-state index in [1.807, 2.05) is 50.2 Å². The van der Waals surface area contributed by atoms with Crippen LogP contribution in [0.2, 0.25) is 0 Å². The molecule has 1 amide bonds. The van der Waals surface area contributed by atoms with E-state index in [4.69, 9.17) is 13.9 Å². The molecule has 1 atom stereocenters. The molecule has 0 aliphatic carbocycles. The van der Waals surface area contributed by atoms with Crippen molar-refractivity contribution < 1.29 is 18.7 Å². The summed E-state index contributed by atoms with van der Waals surface area (Å²) in [6.07, 6.45) is 3.14. The molecule has 7 nitrogen and oxygen atoms in total. The highest BCUT2D eigenvalue weighted by molar-refractivity contribution is 6.10. The summed E-state index contributed by atoms with van der Waals surface area (Å²) in [4.78, 5) is 33.8. The third kappa shape index (κ3) is 4.46. The minimum atomic E-state index is -0.735. The van der Waals surface area contributed by atoms with E-state index in [-0.39, 0.29) is 11.2 Å². The number of carbonyl (C=O) groups is 1. The summed E-state index contributed by atoms with van der Waals surface area (Å²) in [5.74, 6) is 1.23. The number of benzene rings is 2. The molecule has 4 aromatic rings. The van der Waals surface area contributed by atoms with Crippen molar-refractivity contribution in [2.24, 2.45) is 0 Å². The van der Waals surface area contributed by atoms with Gasteiger partial charge in [-0.05, 0) is 62.2 Å². The van der Waals surface area contributed by atoms with Crippen molar-refractivity contribution in [2.45, 2.75) is 46.1 Å². The third-order valence-electron chi connectivity index (χ3n) is 6.65. The Kier molecular flexibility index (Phi) is 6.70. The summed E-state index contributed by atoms with van der Waals surface area (Å²) in [7, 11) is 1.58. The molecule has 0 spiro atoms. The number of carbonyl (C=O) groups excluding carboxylic acids is 1. The molecule has 5 rings (SSSR count). The summed E-state index contributed by atoms with van der Waals surface area (Å²) >= 11 is 0. The number of fused-ring (bicyclic) bond motifs is 2. The molecule has 190 valence electrons. The second-order valence-corrected chi connectivity index (χ2v) is 9.35. The van der Waals surface area contributed by atoms with E-state index in [1.54, 1.807) is 25.3 Å². The van der Waals surface area contributed by atoms with Crippen LogP contribution in [0.4, 0.5) is 5.82 Å². The molecule has 0 N–H and O–H groups in total. The van der Waals surface area contributed by atoms with Gasteiger partial charge in [-0.3, -0.25) is 14.5 Å². The van der Waals surface area contributed by atoms with Gasteiger partial charge in [-0.15, -0.1) is 0 Å². The van der Waals surface area contributed by atoms with E-state index in [2.05, 4.69) is 11.9 Å². The van der Waals surface area contributed by atoms with Gasteiger partial charge < -0.3 is 13.9 Å². The van der Waals surface area contributed by atoms with Gasteiger partial charge in [0.15, 0.2) is 16.9 Å². The summed E-state index contributed by atoms with van der Waals surface area (Å²) in [6.45, 7) is 6.51. The van der Waals surface area contributed by atoms with Gasteiger partial charge in [0, 0.05) is 5.69 Å². The number of anilines is 1. The first kappa shape index (κ1) is 24.6. The molecular weight excluding hydrogens is 468 g/mol. The lowest BCUT2D eigenvalue weighted by Crippen LogP contribution is -2.30. The van der Waals surface area contributed by atoms with Crippen LogP contribution in [0, 0.1) is 13.8 Å². The van der Waals surface area contributed by atoms with Crippen LogP contribution in [0.1, 0.15) is 65.2 Å². The number of aromatic nitrogens is 1. The summed E-state index contributed by atoms with van der Waals surface area (Å²) in [6, 6.07) is 15.6. The zero-order valence-corrected chi connectivity index (χ0v) is 21.5. The minimum Gasteiger partial charge on any atom is -0.493 e.